The van der Waals surface area contributed by atoms with Crippen LogP contribution in [-0.4, -0.2) is 17.4 Å². The molecular formula is C29H27ClN2O2. The Bertz CT molecular complexity index is 1280. The summed E-state index contributed by atoms with van der Waals surface area (Å²) in [6, 6.07) is 24.3. The van der Waals surface area contributed by atoms with Crippen molar-refractivity contribution in [1.29, 1.82) is 0 Å². The van der Waals surface area contributed by atoms with E-state index in [0.717, 1.165) is 16.8 Å². The molecule has 0 saturated heterocycles. The molecule has 34 heavy (non-hydrogen) atoms. The largest absolute Gasteiger partial charge is 0.301 e. The molecular weight excluding hydrogens is 444 g/mol. The zero-order chi connectivity index (χ0) is 23.9. The van der Waals surface area contributed by atoms with Crippen LogP contribution in [0, 0.1) is 11.3 Å². The standard InChI is InChI=1S/C29H27ClN2O2/c1-29(2)17-23-27(25(33)18-29)28(20-12-6-7-13-21(20)30)32(24-15-9-8-14-22(24)31-23)26(34)16-19-10-4-3-5-11-19/h3-15,27-28H,16-18H2,1-2H3/t27-,28-/m0/s1. The van der Waals surface area contributed by atoms with Crippen LogP contribution in [-0.2, 0) is 16.0 Å². The number of fused-ring (bicyclic) bond motifs is 2. The molecule has 3 aromatic rings. The second-order valence-corrected chi connectivity index (χ2v) is 10.4. The lowest BCUT2D eigenvalue weighted by Crippen LogP contribution is -2.47. The molecule has 0 unspecified atom stereocenters. The maximum absolute atomic E-state index is 14.0. The van der Waals surface area contributed by atoms with Gasteiger partial charge < -0.3 is 4.90 Å². The summed E-state index contributed by atoms with van der Waals surface area (Å²) in [6.45, 7) is 4.20. The Balaban J connectivity index is 1.72. The van der Waals surface area contributed by atoms with E-state index in [1.165, 1.54) is 0 Å². The van der Waals surface area contributed by atoms with Crippen LogP contribution in [0.3, 0.4) is 0 Å². The molecule has 1 fully saturated rings. The van der Waals surface area contributed by atoms with E-state index in [-0.39, 0.29) is 23.5 Å². The third-order valence-corrected chi connectivity index (χ3v) is 7.05. The van der Waals surface area contributed by atoms with Crippen LogP contribution in [0.4, 0.5) is 11.4 Å². The van der Waals surface area contributed by atoms with Gasteiger partial charge in [0.2, 0.25) is 5.91 Å². The van der Waals surface area contributed by atoms with Gasteiger partial charge in [0.25, 0.3) is 0 Å². The van der Waals surface area contributed by atoms with Crippen LogP contribution in [0.25, 0.3) is 0 Å². The normalized spacial score (nSPS) is 21.2. The average Bonchev–Trinajstić information content (AvgIpc) is 2.93. The minimum Gasteiger partial charge on any atom is -0.301 e. The second kappa shape index (κ2) is 8.84. The first-order valence-electron chi connectivity index (χ1n) is 11.6. The number of halogens is 1. The lowest BCUT2D eigenvalue weighted by molar-refractivity contribution is -0.124. The maximum Gasteiger partial charge on any atom is 0.232 e. The van der Waals surface area contributed by atoms with Crippen molar-refractivity contribution in [2.45, 2.75) is 39.2 Å². The topological polar surface area (TPSA) is 49.7 Å². The van der Waals surface area contributed by atoms with Gasteiger partial charge in [-0.25, -0.2) is 0 Å². The van der Waals surface area contributed by atoms with Crippen molar-refractivity contribution in [2.24, 2.45) is 16.3 Å². The predicted molar refractivity (Wildman–Crippen MR) is 137 cm³/mol. The van der Waals surface area contributed by atoms with Crippen molar-refractivity contribution in [3.05, 3.63) is 95.0 Å². The van der Waals surface area contributed by atoms with E-state index in [1.54, 1.807) is 4.90 Å². The Morgan fingerprint density at radius 3 is 2.41 bits per heavy atom. The van der Waals surface area contributed by atoms with E-state index in [9.17, 15) is 9.59 Å². The van der Waals surface area contributed by atoms with Gasteiger partial charge in [-0.1, -0.05) is 86.1 Å². The number of hydrogen-bond donors (Lipinski definition) is 0. The summed E-state index contributed by atoms with van der Waals surface area (Å²) in [5, 5.41) is 0.543. The number of para-hydroxylation sites is 2. The Hall–Kier alpha value is -3.24. The highest BCUT2D eigenvalue weighted by atomic mass is 35.5. The van der Waals surface area contributed by atoms with Crippen LogP contribution in [0.2, 0.25) is 5.02 Å². The Morgan fingerprint density at radius 1 is 0.971 bits per heavy atom. The molecule has 0 aromatic heterocycles. The summed E-state index contributed by atoms with van der Waals surface area (Å²) in [5.41, 5.74) is 3.76. The first-order chi connectivity index (χ1) is 16.3. The number of carbonyl (C=O) groups excluding carboxylic acids is 2. The van der Waals surface area contributed by atoms with E-state index < -0.39 is 12.0 Å². The molecule has 0 spiro atoms. The third kappa shape index (κ3) is 4.19. The van der Waals surface area contributed by atoms with Gasteiger partial charge in [0, 0.05) is 17.2 Å². The van der Waals surface area contributed by atoms with Gasteiger partial charge in [0.1, 0.15) is 5.78 Å². The van der Waals surface area contributed by atoms with Gasteiger partial charge in [0.05, 0.1) is 29.8 Å². The van der Waals surface area contributed by atoms with Gasteiger partial charge in [-0.05, 0) is 41.2 Å². The molecule has 5 heteroatoms. The molecule has 5 rings (SSSR count). The molecule has 2 atom stereocenters. The molecule has 1 amide bonds. The molecule has 172 valence electrons. The highest BCUT2D eigenvalue weighted by Crippen LogP contribution is 2.49. The van der Waals surface area contributed by atoms with Gasteiger partial charge in [-0.15, -0.1) is 0 Å². The van der Waals surface area contributed by atoms with Crippen LogP contribution < -0.4 is 4.90 Å². The molecule has 1 saturated carbocycles. The van der Waals surface area contributed by atoms with E-state index >= 15 is 0 Å². The van der Waals surface area contributed by atoms with Crippen LogP contribution in [0.1, 0.15) is 43.9 Å². The lowest BCUT2D eigenvalue weighted by Gasteiger charge is -2.41. The van der Waals surface area contributed by atoms with E-state index in [1.807, 2.05) is 78.9 Å². The van der Waals surface area contributed by atoms with Crippen molar-refractivity contribution in [2.75, 3.05) is 4.90 Å². The fourth-order valence-electron chi connectivity index (χ4n) is 5.29. The zero-order valence-electron chi connectivity index (χ0n) is 19.4. The van der Waals surface area contributed by atoms with Crippen molar-refractivity contribution in [3.63, 3.8) is 0 Å². The summed E-state index contributed by atoms with van der Waals surface area (Å²) in [7, 11) is 0. The molecule has 0 N–H and O–H groups in total. The first-order valence-corrected chi connectivity index (χ1v) is 12.0. The monoisotopic (exact) mass is 470 g/mol. The zero-order valence-corrected chi connectivity index (χ0v) is 20.1. The molecule has 0 bridgehead atoms. The van der Waals surface area contributed by atoms with Crippen LogP contribution in [0.5, 0.6) is 0 Å². The number of carbonyl (C=O) groups is 2. The number of nitrogens with zero attached hydrogens (tertiary/aromatic N) is 2. The molecule has 1 aliphatic heterocycles. The molecule has 1 aliphatic carbocycles. The van der Waals surface area contributed by atoms with Gasteiger partial charge in [0.15, 0.2) is 0 Å². The Morgan fingerprint density at radius 2 is 1.65 bits per heavy atom. The number of aliphatic imine (C=N–C) groups is 1. The summed E-state index contributed by atoms with van der Waals surface area (Å²) in [6.07, 6.45) is 1.35. The number of anilines is 1. The van der Waals surface area contributed by atoms with Crippen molar-refractivity contribution in [1.82, 2.24) is 0 Å². The van der Waals surface area contributed by atoms with Gasteiger partial charge >= 0.3 is 0 Å². The van der Waals surface area contributed by atoms with Gasteiger partial charge in [-0.2, -0.15) is 0 Å². The second-order valence-electron chi connectivity index (χ2n) is 9.95. The minimum absolute atomic E-state index is 0.0855. The van der Waals surface area contributed by atoms with E-state index in [4.69, 9.17) is 16.6 Å². The van der Waals surface area contributed by atoms with Crippen LogP contribution >= 0.6 is 11.6 Å². The average molecular weight is 471 g/mol. The number of ketones is 1. The van der Waals surface area contributed by atoms with Crippen molar-refractivity contribution >= 4 is 40.4 Å². The smallest absolute Gasteiger partial charge is 0.232 e. The number of rotatable bonds is 3. The molecule has 2 aliphatic rings. The highest BCUT2D eigenvalue weighted by molar-refractivity contribution is 6.31. The minimum atomic E-state index is -0.559. The lowest BCUT2D eigenvalue weighted by atomic mass is 9.68. The number of benzene rings is 3. The Kier molecular flexibility index (Phi) is 5.86. The summed E-state index contributed by atoms with van der Waals surface area (Å²) < 4.78 is 0. The first kappa shape index (κ1) is 22.5. The SMILES string of the molecule is CC1(C)CC(=O)[C@@H]2C(=Nc3ccccc3N(C(=O)Cc3ccccc3)[C@H]2c2ccccc2Cl)C1. The summed E-state index contributed by atoms with van der Waals surface area (Å²) in [5.74, 6) is -0.525. The number of Topliss-reactive ketones (excluding diaryl/α,β-unsaturated/α-hetero) is 1. The Labute approximate surface area is 205 Å². The quantitative estimate of drug-likeness (QED) is 0.425. The molecule has 0 radical (unpaired) electrons. The molecule has 3 aromatic carbocycles. The predicted octanol–water partition coefficient (Wildman–Crippen LogP) is 6.75. The number of amides is 1. The van der Waals surface area contributed by atoms with Crippen molar-refractivity contribution < 1.29 is 9.59 Å². The summed E-state index contributed by atoms with van der Waals surface area (Å²) in [4.78, 5) is 34.5. The molecule has 4 nitrogen and oxygen atoms in total. The fraction of sp³-hybridized carbons (Fsp3) is 0.276. The highest BCUT2D eigenvalue weighted by Gasteiger charge is 2.48. The maximum atomic E-state index is 14.0. The van der Waals surface area contributed by atoms with Crippen molar-refractivity contribution in [3.8, 4) is 0 Å². The number of hydrogen-bond acceptors (Lipinski definition) is 3. The summed E-state index contributed by atoms with van der Waals surface area (Å²) >= 11 is 6.71. The van der Waals surface area contributed by atoms with E-state index in [0.29, 0.717) is 29.2 Å². The molecule has 1 heterocycles. The third-order valence-electron chi connectivity index (χ3n) is 6.71. The fourth-order valence-corrected chi connectivity index (χ4v) is 5.54. The van der Waals surface area contributed by atoms with Gasteiger partial charge in [-0.3, -0.25) is 14.6 Å². The van der Waals surface area contributed by atoms with E-state index in [2.05, 4.69) is 13.8 Å². The van der Waals surface area contributed by atoms with Crippen LogP contribution in [0.15, 0.2) is 83.9 Å².